The summed E-state index contributed by atoms with van der Waals surface area (Å²) in [6, 6.07) is 47.6. The van der Waals surface area contributed by atoms with Crippen LogP contribution in [0.4, 0.5) is 0 Å². The molecule has 238 valence electrons. The van der Waals surface area contributed by atoms with Gasteiger partial charge in [0.15, 0.2) is 0 Å². The Bertz CT molecular complexity index is 2240. The minimum absolute atomic E-state index is 0. The zero-order valence-corrected chi connectivity index (χ0v) is 30.0. The predicted octanol–water partition coefficient (Wildman–Crippen LogP) is 10.2. The van der Waals surface area contributed by atoms with Crippen LogP contribution in [-0.2, 0) is 21.1 Å². The van der Waals surface area contributed by atoms with Gasteiger partial charge in [0.2, 0.25) is 0 Å². The average Bonchev–Trinajstić information content (AvgIpc) is 3.69. The summed E-state index contributed by atoms with van der Waals surface area (Å²) in [4.78, 5) is 10.1. The van der Waals surface area contributed by atoms with Crippen molar-refractivity contribution in [1.82, 2.24) is 9.55 Å². The first-order chi connectivity index (χ1) is 23.0. The zero-order valence-electron chi connectivity index (χ0n) is 26.9. The number of aryl methyl sites for hydroxylation is 3. The number of rotatable bonds is 7. The van der Waals surface area contributed by atoms with Gasteiger partial charge in [-0.1, -0.05) is 104 Å². The topological polar surface area (TPSA) is 39.4 Å². The standard InChI is InChI=1S/C42H33N3OS.Pt/c1-27-16-17-39-37(23-27)36-15-10-18-43-41(36)45(39)33-20-29(3)22-35(25-33)46-34-21-28(2)19-32(24-34)42-44-38(26-47-42)40(30-11-6-4-7-12-30)31-13-8-5-9-14-31;/h4-23,38,40H,26H2,1-3H3;/q-2;+2/t38-;/m0./s1. The molecule has 0 N–H and O–H groups in total. The molecule has 8 rings (SSSR count). The summed E-state index contributed by atoms with van der Waals surface area (Å²) in [6.07, 6.45) is 1.84. The van der Waals surface area contributed by atoms with Gasteiger partial charge in [-0.25, -0.2) is 4.98 Å². The second kappa shape index (κ2) is 13.6. The van der Waals surface area contributed by atoms with Gasteiger partial charge in [-0.05, 0) is 42.3 Å². The molecule has 0 unspecified atom stereocenters. The molecule has 4 nitrogen and oxygen atoms in total. The molecule has 0 bridgehead atoms. The third-order valence-corrected chi connectivity index (χ3v) is 9.82. The Balaban J connectivity index is 0.00000364. The molecule has 0 amide bonds. The van der Waals surface area contributed by atoms with Crippen LogP contribution in [0.5, 0.6) is 11.5 Å². The molecular formula is C42H33N3OPtS. The molecule has 7 aromatic rings. The first-order valence-corrected chi connectivity index (χ1v) is 16.9. The van der Waals surface area contributed by atoms with Crippen molar-refractivity contribution in [2.45, 2.75) is 32.7 Å². The van der Waals surface area contributed by atoms with Crippen LogP contribution in [-0.4, -0.2) is 26.4 Å². The summed E-state index contributed by atoms with van der Waals surface area (Å²) in [5.74, 6) is 2.38. The number of thioether (sulfide) groups is 1. The van der Waals surface area contributed by atoms with E-state index in [1.54, 1.807) is 11.8 Å². The predicted molar refractivity (Wildman–Crippen MR) is 194 cm³/mol. The summed E-state index contributed by atoms with van der Waals surface area (Å²) in [5, 5.41) is 3.30. The molecule has 0 saturated heterocycles. The van der Waals surface area contributed by atoms with Crippen LogP contribution in [0.3, 0.4) is 0 Å². The Morgan fingerprint density at radius 2 is 1.42 bits per heavy atom. The third-order valence-electron chi connectivity index (χ3n) is 8.71. The molecule has 0 radical (unpaired) electrons. The van der Waals surface area contributed by atoms with Gasteiger partial charge in [0.1, 0.15) is 5.65 Å². The van der Waals surface area contributed by atoms with E-state index in [1.165, 1.54) is 22.1 Å². The molecule has 0 aliphatic carbocycles. The SMILES string of the molecule is Cc1cc(Oc2[c-]c(-n3c4ccc(C)cc4c4cccnc43)cc(C)c2)[c-]c(C2=N[C@H](C(c3ccccc3)c3ccccc3)CS2)c1.[Pt+2]. The molecule has 0 spiro atoms. The first kappa shape index (κ1) is 32.1. The van der Waals surface area contributed by atoms with Gasteiger partial charge in [-0.2, -0.15) is 17.3 Å². The average molecular weight is 823 g/mol. The van der Waals surface area contributed by atoms with Crippen molar-refractivity contribution in [3.63, 3.8) is 0 Å². The number of nitrogens with zero attached hydrogens (tertiary/aromatic N) is 3. The van der Waals surface area contributed by atoms with Gasteiger partial charge in [0.25, 0.3) is 0 Å². The van der Waals surface area contributed by atoms with Crippen molar-refractivity contribution < 1.29 is 25.8 Å². The first-order valence-electron chi connectivity index (χ1n) is 15.9. The Labute approximate surface area is 300 Å². The van der Waals surface area contributed by atoms with Crippen molar-refractivity contribution in [1.29, 1.82) is 0 Å². The van der Waals surface area contributed by atoms with Crippen LogP contribution in [0.15, 0.2) is 126 Å². The van der Waals surface area contributed by atoms with E-state index in [4.69, 9.17) is 14.7 Å². The van der Waals surface area contributed by atoms with Crippen LogP contribution in [0.1, 0.15) is 39.3 Å². The monoisotopic (exact) mass is 822 g/mol. The molecule has 2 aromatic heterocycles. The Hall–Kier alpha value is -4.44. The van der Waals surface area contributed by atoms with Crippen molar-refractivity contribution >= 4 is 38.7 Å². The number of aromatic nitrogens is 2. The number of hydrogen-bond acceptors (Lipinski definition) is 4. The van der Waals surface area contributed by atoms with E-state index < -0.39 is 0 Å². The fourth-order valence-corrected chi connectivity index (χ4v) is 7.75. The quantitative estimate of drug-likeness (QED) is 0.150. The number of benzene rings is 5. The van der Waals surface area contributed by atoms with Gasteiger partial charge in [-0.3, -0.25) is 0 Å². The number of aliphatic imine (C=N–C) groups is 1. The molecule has 48 heavy (non-hydrogen) atoms. The van der Waals surface area contributed by atoms with Crippen molar-refractivity contribution in [3.05, 3.63) is 167 Å². The molecule has 1 atom stereocenters. The smallest absolute Gasteiger partial charge is 0.503 e. The summed E-state index contributed by atoms with van der Waals surface area (Å²) in [7, 11) is 0. The van der Waals surface area contributed by atoms with Crippen LogP contribution in [0, 0.1) is 32.9 Å². The number of ether oxygens (including phenoxy) is 1. The summed E-state index contributed by atoms with van der Waals surface area (Å²) < 4.78 is 8.70. The third kappa shape index (κ3) is 6.25. The van der Waals surface area contributed by atoms with Gasteiger partial charge < -0.3 is 14.3 Å². The normalized spacial score (nSPS) is 14.3. The van der Waals surface area contributed by atoms with E-state index in [-0.39, 0.29) is 33.0 Å². The van der Waals surface area contributed by atoms with Gasteiger partial charge in [0, 0.05) is 45.2 Å². The number of pyridine rings is 1. The fraction of sp³-hybridized carbons (Fsp3) is 0.143. The van der Waals surface area contributed by atoms with Crippen molar-refractivity contribution in [2.24, 2.45) is 4.99 Å². The Kier molecular flexibility index (Phi) is 9.09. The van der Waals surface area contributed by atoms with Crippen LogP contribution in [0.2, 0.25) is 0 Å². The summed E-state index contributed by atoms with van der Waals surface area (Å²) >= 11 is 1.80. The van der Waals surface area contributed by atoms with Gasteiger partial charge in [0.05, 0.1) is 11.6 Å². The van der Waals surface area contributed by atoms with Crippen LogP contribution < -0.4 is 4.74 Å². The molecule has 0 saturated carbocycles. The van der Waals surface area contributed by atoms with E-state index in [2.05, 4.69) is 135 Å². The Morgan fingerprint density at radius 3 is 2.15 bits per heavy atom. The summed E-state index contributed by atoms with van der Waals surface area (Å²) in [6.45, 7) is 6.30. The second-order valence-electron chi connectivity index (χ2n) is 12.3. The number of hydrogen-bond donors (Lipinski definition) is 0. The van der Waals surface area contributed by atoms with E-state index >= 15 is 0 Å². The van der Waals surface area contributed by atoms with E-state index in [0.29, 0.717) is 11.5 Å². The second-order valence-corrected chi connectivity index (χ2v) is 13.3. The van der Waals surface area contributed by atoms with Crippen LogP contribution >= 0.6 is 11.8 Å². The minimum Gasteiger partial charge on any atom is -0.503 e. The maximum Gasteiger partial charge on any atom is 2.00 e. The molecule has 1 aliphatic rings. The largest absolute Gasteiger partial charge is 2.00 e. The van der Waals surface area contributed by atoms with E-state index in [1.807, 2.05) is 24.4 Å². The maximum absolute atomic E-state index is 6.53. The van der Waals surface area contributed by atoms with E-state index in [9.17, 15) is 0 Å². The molecule has 5 aromatic carbocycles. The van der Waals surface area contributed by atoms with Crippen LogP contribution in [0.25, 0.3) is 27.6 Å². The minimum atomic E-state index is 0. The molecule has 3 heterocycles. The fourth-order valence-electron chi connectivity index (χ4n) is 6.68. The maximum atomic E-state index is 6.53. The summed E-state index contributed by atoms with van der Waals surface area (Å²) in [5.41, 5.74) is 9.80. The van der Waals surface area contributed by atoms with Crippen molar-refractivity contribution in [3.8, 4) is 17.2 Å². The van der Waals surface area contributed by atoms with Gasteiger partial charge >= 0.3 is 21.1 Å². The van der Waals surface area contributed by atoms with Gasteiger partial charge in [-0.15, -0.1) is 35.4 Å². The van der Waals surface area contributed by atoms with Crippen molar-refractivity contribution in [2.75, 3.05) is 5.75 Å². The number of fused-ring (bicyclic) bond motifs is 3. The molecule has 0 fully saturated rings. The zero-order chi connectivity index (χ0) is 31.9. The molecular weight excluding hydrogens is 790 g/mol. The molecule has 1 aliphatic heterocycles. The molecule has 6 heteroatoms. The Morgan fingerprint density at radius 1 is 0.729 bits per heavy atom. The van der Waals surface area contributed by atoms with E-state index in [0.717, 1.165) is 49.7 Å².